The lowest BCUT2D eigenvalue weighted by atomic mass is 10.5. The normalized spacial score (nSPS) is 11.1. The molecule has 0 saturated carbocycles. The van der Waals surface area contributed by atoms with Gasteiger partial charge in [-0.1, -0.05) is 17.8 Å². The van der Waals surface area contributed by atoms with Crippen molar-refractivity contribution in [3.05, 3.63) is 36.0 Å². The van der Waals surface area contributed by atoms with Gasteiger partial charge in [0.15, 0.2) is 16.6 Å². The summed E-state index contributed by atoms with van der Waals surface area (Å²) in [5.74, 6) is 2.28. The number of aromatic amines is 1. The van der Waals surface area contributed by atoms with Gasteiger partial charge in [-0.25, -0.2) is 4.98 Å². The minimum atomic E-state index is 0.681. The molecule has 0 aliphatic rings. The molecule has 0 saturated heterocycles. The predicted molar refractivity (Wildman–Crippen MR) is 63.7 cm³/mol. The molecule has 6 nitrogen and oxygen atoms in total. The molecule has 0 radical (unpaired) electrons. The predicted octanol–water partition coefficient (Wildman–Crippen LogP) is 1.45. The zero-order chi connectivity index (χ0) is 11.7. The van der Waals surface area contributed by atoms with Crippen LogP contribution in [0.3, 0.4) is 0 Å². The maximum atomic E-state index is 4.25. The highest BCUT2D eigenvalue weighted by Crippen LogP contribution is 2.19. The molecule has 17 heavy (non-hydrogen) atoms. The summed E-state index contributed by atoms with van der Waals surface area (Å²) in [4.78, 5) is 4.25. The molecule has 0 bridgehead atoms. The summed E-state index contributed by atoms with van der Waals surface area (Å²) in [6.07, 6.45) is 1.95. The summed E-state index contributed by atoms with van der Waals surface area (Å²) in [5, 5.41) is 16.0. The van der Waals surface area contributed by atoms with Crippen LogP contribution >= 0.6 is 11.8 Å². The summed E-state index contributed by atoms with van der Waals surface area (Å²) < 4.78 is 1.95. The SMILES string of the molecule is Cc1nc(CSc2nnc3ccccn23)n[nH]1. The molecule has 0 amide bonds. The zero-order valence-electron chi connectivity index (χ0n) is 9.16. The smallest absolute Gasteiger partial charge is 0.196 e. The molecule has 3 aromatic rings. The van der Waals surface area contributed by atoms with Crippen molar-refractivity contribution in [1.29, 1.82) is 0 Å². The van der Waals surface area contributed by atoms with Crippen molar-refractivity contribution in [3.63, 3.8) is 0 Å². The van der Waals surface area contributed by atoms with Gasteiger partial charge in [-0.05, 0) is 19.1 Å². The van der Waals surface area contributed by atoms with Crippen LogP contribution in [-0.2, 0) is 5.75 Å². The Morgan fingerprint density at radius 3 is 3.12 bits per heavy atom. The Kier molecular flexibility index (Phi) is 2.52. The van der Waals surface area contributed by atoms with Gasteiger partial charge in [-0.15, -0.1) is 10.2 Å². The first-order valence-corrected chi connectivity index (χ1v) is 6.12. The zero-order valence-corrected chi connectivity index (χ0v) is 9.98. The van der Waals surface area contributed by atoms with Gasteiger partial charge < -0.3 is 0 Å². The highest BCUT2D eigenvalue weighted by molar-refractivity contribution is 7.98. The molecule has 0 fully saturated rings. The summed E-state index contributed by atoms with van der Waals surface area (Å²) in [7, 11) is 0. The minimum Gasteiger partial charge on any atom is -0.277 e. The van der Waals surface area contributed by atoms with Crippen LogP contribution in [0.1, 0.15) is 11.6 Å². The second kappa shape index (κ2) is 4.17. The number of aryl methyl sites for hydroxylation is 1. The van der Waals surface area contributed by atoms with Crippen molar-refractivity contribution >= 4 is 17.4 Å². The number of nitrogens with one attached hydrogen (secondary N) is 1. The molecule has 86 valence electrons. The lowest BCUT2D eigenvalue weighted by Crippen LogP contribution is -1.89. The number of aromatic nitrogens is 6. The van der Waals surface area contributed by atoms with E-state index in [-0.39, 0.29) is 0 Å². The number of thioether (sulfide) groups is 1. The summed E-state index contributed by atoms with van der Waals surface area (Å²) in [6, 6.07) is 5.82. The van der Waals surface area contributed by atoms with E-state index in [9.17, 15) is 0 Å². The number of rotatable bonds is 3. The van der Waals surface area contributed by atoms with Crippen LogP contribution in [0.25, 0.3) is 5.65 Å². The molecule has 3 aromatic heterocycles. The van der Waals surface area contributed by atoms with Gasteiger partial charge in [0.05, 0.1) is 5.75 Å². The van der Waals surface area contributed by atoms with Crippen molar-refractivity contribution in [1.82, 2.24) is 29.8 Å². The van der Waals surface area contributed by atoms with Gasteiger partial charge in [0.1, 0.15) is 5.82 Å². The third-order valence-corrected chi connectivity index (χ3v) is 3.20. The first-order valence-electron chi connectivity index (χ1n) is 5.13. The largest absolute Gasteiger partial charge is 0.277 e. The van der Waals surface area contributed by atoms with E-state index in [4.69, 9.17) is 0 Å². The average molecular weight is 246 g/mol. The number of H-pyrrole nitrogens is 1. The monoisotopic (exact) mass is 246 g/mol. The first-order chi connectivity index (χ1) is 8.33. The maximum absolute atomic E-state index is 4.25. The summed E-state index contributed by atoms with van der Waals surface area (Å²) >= 11 is 1.57. The first kappa shape index (κ1) is 10.3. The molecule has 0 aromatic carbocycles. The van der Waals surface area contributed by atoms with E-state index in [0.717, 1.165) is 22.5 Å². The number of fused-ring (bicyclic) bond motifs is 1. The molecule has 3 rings (SSSR count). The standard InChI is InChI=1S/C10H10N6S/c1-7-11-8(13-12-7)6-17-10-15-14-9-4-2-3-5-16(9)10/h2-5H,6H2,1H3,(H,11,12,13). The molecule has 0 unspecified atom stereocenters. The molecule has 1 N–H and O–H groups in total. The highest BCUT2D eigenvalue weighted by atomic mass is 32.2. The fourth-order valence-corrected chi connectivity index (χ4v) is 2.28. The van der Waals surface area contributed by atoms with Crippen molar-refractivity contribution in [2.75, 3.05) is 0 Å². The minimum absolute atomic E-state index is 0.681. The topological polar surface area (TPSA) is 71.8 Å². The van der Waals surface area contributed by atoms with Crippen LogP contribution in [0.2, 0.25) is 0 Å². The van der Waals surface area contributed by atoms with Gasteiger partial charge >= 0.3 is 0 Å². The van der Waals surface area contributed by atoms with Crippen molar-refractivity contribution < 1.29 is 0 Å². The van der Waals surface area contributed by atoms with Crippen LogP contribution < -0.4 is 0 Å². The van der Waals surface area contributed by atoms with Gasteiger partial charge in [-0.3, -0.25) is 9.50 Å². The van der Waals surface area contributed by atoms with E-state index in [2.05, 4.69) is 25.4 Å². The molecular weight excluding hydrogens is 236 g/mol. The molecule has 0 atom stereocenters. The molecular formula is C10H10N6S. The van der Waals surface area contributed by atoms with Gasteiger partial charge in [-0.2, -0.15) is 5.10 Å². The van der Waals surface area contributed by atoms with E-state index < -0.39 is 0 Å². The Morgan fingerprint density at radius 2 is 2.29 bits per heavy atom. The molecule has 0 aliphatic carbocycles. The van der Waals surface area contributed by atoms with Crippen molar-refractivity contribution in [2.24, 2.45) is 0 Å². The van der Waals surface area contributed by atoms with Crippen LogP contribution in [0.5, 0.6) is 0 Å². The fraction of sp³-hybridized carbons (Fsp3) is 0.200. The van der Waals surface area contributed by atoms with Crippen molar-refractivity contribution in [2.45, 2.75) is 17.8 Å². The summed E-state index contributed by atoms with van der Waals surface area (Å²) in [6.45, 7) is 1.88. The van der Waals surface area contributed by atoms with E-state index in [1.165, 1.54) is 0 Å². The average Bonchev–Trinajstić information content (AvgIpc) is 2.93. The molecule has 0 aliphatic heterocycles. The van der Waals surface area contributed by atoms with Crippen LogP contribution in [0.15, 0.2) is 29.6 Å². The lowest BCUT2D eigenvalue weighted by molar-refractivity contribution is 0.917. The van der Waals surface area contributed by atoms with Crippen LogP contribution in [-0.4, -0.2) is 29.8 Å². The van der Waals surface area contributed by atoms with E-state index >= 15 is 0 Å². The van der Waals surface area contributed by atoms with Crippen molar-refractivity contribution in [3.8, 4) is 0 Å². The summed E-state index contributed by atoms with van der Waals surface area (Å²) in [5.41, 5.74) is 0.848. The Labute approximate surface area is 101 Å². The number of hydrogen-bond acceptors (Lipinski definition) is 5. The third-order valence-electron chi connectivity index (χ3n) is 2.26. The van der Waals surface area contributed by atoms with Crippen LogP contribution in [0, 0.1) is 6.92 Å². The Bertz CT molecular complexity index is 643. The lowest BCUT2D eigenvalue weighted by Gasteiger charge is -1.96. The van der Waals surface area contributed by atoms with Gasteiger partial charge in [0.25, 0.3) is 0 Å². The number of nitrogens with zero attached hydrogens (tertiary/aromatic N) is 5. The second-order valence-electron chi connectivity index (χ2n) is 3.54. The Hall–Kier alpha value is -1.89. The Balaban J connectivity index is 1.81. The van der Waals surface area contributed by atoms with E-state index in [1.54, 1.807) is 11.8 Å². The fourth-order valence-electron chi connectivity index (χ4n) is 1.50. The molecule has 0 spiro atoms. The van der Waals surface area contributed by atoms with E-state index in [1.807, 2.05) is 35.7 Å². The van der Waals surface area contributed by atoms with Gasteiger partial charge in [0, 0.05) is 6.20 Å². The quantitative estimate of drug-likeness (QED) is 0.708. The molecule has 3 heterocycles. The maximum Gasteiger partial charge on any atom is 0.196 e. The third kappa shape index (κ3) is 2.01. The van der Waals surface area contributed by atoms with Crippen LogP contribution in [0.4, 0.5) is 0 Å². The van der Waals surface area contributed by atoms with Gasteiger partial charge in [0.2, 0.25) is 0 Å². The highest BCUT2D eigenvalue weighted by Gasteiger charge is 2.07. The number of hydrogen-bond donors (Lipinski definition) is 1. The molecule has 7 heteroatoms. The van der Waals surface area contributed by atoms with E-state index in [0.29, 0.717) is 5.75 Å². The second-order valence-corrected chi connectivity index (χ2v) is 4.48. The Morgan fingerprint density at radius 1 is 1.35 bits per heavy atom. The number of pyridine rings is 1.